The molecule has 0 aliphatic carbocycles. The molecule has 0 radical (unpaired) electrons. The van der Waals surface area contributed by atoms with E-state index in [1.54, 1.807) is 20.0 Å². The summed E-state index contributed by atoms with van der Waals surface area (Å²) in [6.07, 6.45) is 5.38. The fourth-order valence-corrected chi connectivity index (χ4v) is 3.22. The summed E-state index contributed by atoms with van der Waals surface area (Å²) < 4.78 is 0. The van der Waals surface area contributed by atoms with Crippen LogP contribution in [0.15, 0.2) is 12.5 Å². The standard InChI is InChI=1S/C19H32N6O6S/c1-10(2)15(18(29)24-14(8-26)19(30)31)25-17(28)13(4-5-32-3)23-16(27)12(20)6-11-7-21-9-22-11/h7,9-10,12-15,26H,4-6,8,20H2,1-3H3,(H,21,22)(H,23,27)(H,24,29)(H,25,28)(H,30,31). The van der Waals surface area contributed by atoms with Crippen molar-refractivity contribution >= 4 is 35.5 Å². The van der Waals surface area contributed by atoms with Crippen molar-refractivity contribution in [2.75, 3.05) is 18.6 Å². The van der Waals surface area contributed by atoms with Gasteiger partial charge in [-0.3, -0.25) is 14.4 Å². The molecular weight excluding hydrogens is 440 g/mol. The first kappa shape index (κ1) is 27.4. The van der Waals surface area contributed by atoms with Crippen LogP contribution in [-0.2, 0) is 25.6 Å². The molecule has 1 aromatic rings. The van der Waals surface area contributed by atoms with Gasteiger partial charge >= 0.3 is 5.97 Å². The number of carbonyl (C=O) groups is 4. The van der Waals surface area contributed by atoms with Gasteiger partial charge in [-0.15, -0.1) is 0 Å². The topological polar surface area (TPSA) is 200 Å². The first-order chi connectivity index (χ1) is 15.1. The monoisotopic (exact) mass is 472 g/mol. The Morgan fingerprint density at radius 3 is 2.28 bits per heavy atom. The van der Waals surface area contributed by atoms with Crippen molar-refractivity contribution in [3.05, 3.63) is 18.2 Å². The highest BCUT2D eigenvalue weighted by Crippen LogP contribution is 2.07. The lowest BCUT2D eigenvalue weighted by molar-refractivity contribution is -0.143. The lowest BCUT2D eigenvalue weighted by atomic mass is 10.0. The Bertz CT molecular complexity index is 759. The van der Waals surface area contributed by atoms with Gasteiger partial charge in [-0.1, -0.05) is 13.8 Å². The second-order valence-electron chi connectivity index (χ2n) is 7.54. The molecule has 0 aliphatic rings. The average molecular weight is 473 g/mol. The number of nitrogens with zero attached hydrogens (tertiary/aromatic N) is 1. The maximum absolute atomic E-state index is 12.9. The second-order valence-corrected chi connectivity index (χ2v) is 8.53. The number of thioether (sulfide) groups is 1. The molecule has 0 saturated heterocycles. The molecule has 32 heavy (non-hydrogen) atoms. The quantitative estimate of drug-likeness (QED) is 0.163. The van der Waals surface area contributed by atoms with E-state index >= 15 is 0 Å². The number of aliphatic hydroxyl groups is 1. The van der Waals surface area contributed by atoms with Gasteiger partial charge in [0.05, 0.1) is 19.0 Å². The van der Waals surface area contributed by atoms with Gasteiger partial charge in [-0.2, -0.15) is 11.8 Å². The number of nitrogens with two attached hydrogens (primary N) is 1. The molecule has 0 aromatic carbocycles. The molecule has 0 bridgehead atoms. The van der Waals surface area contributed by atoms with E-state index in [0.717, 1.165) is 0 Å². The molecule has 1 aromatic heterocycles. The molecule has 0 aliphatic heterocycles. The van der Waals surface area contributed by atoms with Crippen LogP contribution >= 0.6 is 11.8 Å². The van der Waals surface area contributed by atoms with E-state index in [4.69, 9.17) is 15.9 Å². The summed E-state index contributed by atoms with van der Waals surface area (Å²) in [5.41, 5.74) is 6.61. The van der Waals surface area contributed by atoms with Crippen LogP contribution in [0.3, 0.4) is 0 Å². The molecule has 4 unspecified atom stereocenters. The Balaban J connectivity index is 2.85. The second kappa shape index (κ2) is 13.7. The predicted octanol–water partition coefficient (Wildman–Crippen LogP) is -1.78. The molecule has 180 valence electrons. The van der Waals surface area contributed by atoms with Gasteiger partial charge in [-0.25, -0.2) is 9.78 Å². The van der Waals surface area contributed by atoms with Crippen molar-refractivity contribution in [2.45, 2.75) is 50.9 Å². The number of hydrogen-bond acceptors (Lipinski definition) is 8. The molecule has 1 rings (SSSR count). The number of carboxylic acids is 1. The normalized spacial score (nSPS) is 14.8. The minimum Gasteiger partial charge on any atom is -0.480 e. The van der Waals surface area contributed by atoms with Crippen molar-refractivity contribution in [3.63, 3.8) is 0 Å². The SMILES string of the molecule is CSCCC(NC(=O)C(N)Cc1cnc[nH]1)C(=O)NC(C(=O)NC(CO)C(=O)O)C(C)C. The number of H-pyrrole nitrogens is 1. The number of carboxylic acid groups (broad SMARTS) is 1. The summed E-state index contributed by atoms with van der Waals surface area (Å²) in [4.78, 5) is 55.7. The largest absolute Gasteiger partial charge is 0.480 e. The predicted molar refractivity (Wildman–Crippen MR) is 119 cm³/mol. The van der Waals surface area contributed by atoms with Crippen LogP contribution in [0.1, 0.15) is 26.0 Å². The highest BCUT2D eigenvalue weighted by atomic mass is 32.2. The van der Waals surface area contributed by atoms with Crippen molar-refractivity contribution in [2.24, 2.45) is 11.7 Å². The first-order valence-electron chi connectivity index (χ1n) is 10.1. The number of carbonyl (C=O) groups excluding carboxylic acids is 3. The third-order valence-corrected chi connectivity index (χ3v) is 5.26. The summed E-state index contributed by atoms with van der Waals surface area (Å²) in [5, 5.41) is 25.5. The molecule has 0 spiro atoms. The molecule has 13 heteroatoms. The molecule has 8 N–H and O–H groups in total. The lowest BCUT2D eigenvalue weighted by Gasteiger charge is -2.26. The number of aromatic amines is 1. The Hall–Kier alpha value is -2.64. The van der Waals surface area contributed by atoms with E-state index in [1.807, 2.05) is 6.26 Å². The zero-order valence-electron chi connectivity index (χ0n) is 18.3. The van der Waals surface area contributed by atoms with Gasteiger partial charge in [0.2, 0.25) is 17.7 Å². The smallest absolute Gasteiger partial charge is 0.328 e. The Morgan fingerprint density at radius 1 is 1.12 bits per heavy atom. The summed E-state index contributed by atoms with van der Waals surface area (Å²) in [5.74, 6) is -3.08. The van der Waals surface area contributed by atoms with Crippen LogP contribution in [0.4, 0.5) is 0 Å². The van der Waals surface area contributed by atoms with E-state index in [-0.39, 0.29) is 12.3 Å². The summed E-state index contributed by atoms with van der Waals surface area (Å²) in [6, 6.07) is -4.41. The van der Waals surface area contributed by atoms with Crippen LogP contribution in [0.25, 0.3) is 0 Å². The van der Waals surface area contributed by atoms with Crippen molar-refractivity contribution in [3.8, 4) is 0 Å². The molecule has 1 heterocycles. The number of hydrogen-bond donors (Lipinski definition) is 7. The summed E-state index contributed by atoms with van der Waals surface area (Å²) in [6.45, 7) is 2.56. The molecule has 0 saturated carbocycles. The van der Waals surface area contributed by atoms with E-state index in [1.165, 1.54) is 18.1 Å². The fraction of sp³-hybridized carbons (Fsp3) is 0.632. The highest BCUT2D eigenvalue weighted by Gasteiger charge is 2.31. The van der Waals surface area contributed by atoms with Gasteiger partial charge < -0.3 is 36.9 Å². The zero-order valence-corrected chi connectivity index (χ0v) is 19.1. The van der Waals surface area contributed by atoms with E-state index in [0.29, 0.717) is 17.9 Å². The maximum atomic E-state index is 12.9. The highest BCUT2D eigenvalue weighted by molar-refractivity contribution is 7.98. The lowest BCUT2D eigenvalue weighted by Crippen LogP contribution is -2.59. The van der Waals surface area contributed by atoms with Crippen molar-refractivity contribution in [1.82, 2.24) is 25.9 Å². The average Bonchev–Trinajstić information content (AvgIpc) is 3.24. The third-order valence-electron chi connectivity index (χ3n) is 4.62. The Kier molecular flexibility index (Phi) is 11.7. The molecule has 4 atom stereocenters. The number of amides is 3. The van der Waals surface area contributed by atoms with Crippen LogP contribution < -0.4 is 21.7 Å². The molecule has 3 amide bonds. The Morgan fingerprint density at radius 2 is 1.78 bits per heavy atom. The third kappa shape index (κ3) is 8.85. The van der Waals surface area contributed by atoms with Gasteiger partial charge in [-0.05, 0) is 24.3 Å². The van der Waals surface area contributed by atoms with Gasteiger partial charge in [0.25, 0.3) is 0 Å². The number of aliphatic hydroxyl groups excluding tert-OH is 1. The number of nitrogens with one attached hydrogen (secondary N) is 4. The van der Waals surface area contributed by atoms with Crippen molar-refractivity contribution < 1.29 is 29.4 Å². The Labute approximate surface area is 190 Å². The number of aromatic nitrogens is 2. The van der Waals surface area contributed by atoms with Crippen LogP contribution in [0.2, 0.25) is 0 Å². The summed E-state index contributed by atoms with van der Waals surface area (Å²) >= 11 is 1.48. The van der Waals surface area contributed by atoms with E-state index in [2.05, 4.69) is 25.9 Å². The molecule has 0 fully saturated rings. The minimum atomic E-state index is -1.49. The first-order valence-corrected chi connectivity index (χ1v) is 11.5. The van der Waals surface area contributed by atoms with E-state index < -0.39 is 54.5 Å². The molecular formula is C19H32N6O6S. The van der Waals surface area contributed by atoms with Crippen molar-refractivity contribution in [1.29, 1.82) is 0 Å². The zero-order chi connectivity index (χ0) is 24.3. The summed E-state index contributed by atoms with van der Waals surface area (Å²) in [7, 11) is 0. The minimum absolute atomic E-state index is 0.206. The van der Waals surface area contributed by atoms with Crippen LogP contribution in [0, 0.1) is 5.92 Å². The van der Waals surface area contributed by atoms with Gasteiger partial charge in [0.1, 0.15) is 18.1 Å². The van der Waals surface area contributed by atoms with E-state index in [9.17, 15) is 19.2 Å². The van der Waals surface area contributed by atoms with Crippen LogP contribution in [-0.4, -0.2) is 86.7 Å². The van der Waals surface area contributed by atoms with Gasteiger partial charge in [0.15, 0.2) is 0 Å². The molecule has 12 nitrogen and oxygen atoms in total. The number of rotatable bonds is 14. The van der Waals surface area contributed by atoms with Crippen LogP contribution in [0.5, 0.6) is 0 Å². The van der Waals surface area contributed by atoms with Gasteiger partial charge in [0, 0.05) is 18.3 Å². The fourth-order valence-electron chi connectivity index (χ4n) is 2.75. The number of aliphatic carboxylic acids is 1. The maximum Gasteiger partial charge on any atom is 0.328 e. The number of imidazole rings is 1.